The minimum Gasteiger partial charge on any atom is -0.444 e. The van der Waals surface area contributed by atoms with Crippen molar-refractivity contribution in [1.82, 2.24) is 4.90 Å². The molecule has 1 saturated heterocycles. The van der Waals surface area contributed by atoms with E-state index in [0.717, 1.165) is 13.0 Å². The molecule has 2 atom stereocenters. The highest BCUT2D eigenvalue weighted by molar-refractivity contribution is 9.09. The number of ether oxygens (including phenoxy) is 1. The van der Waals surface area contributed by atoms with E-state index in [1.165, 1.54) is 0 Å². The molecule has 1 heterocycles. The lowest BCUT2D eigenvalue weighted by Gasteiger charge is -2.36. The summed E-state index contributed by atoms with van der Waals surface area (Å²) in [4.78, 5) is 13.8. The number of carbonyl (C=O) groups is 1. The van der Waals surface area contributed by atoms with Gasteiger partial charge in [-0.15, -0.1) is 0 Å². The van der Waals surface area contributed by atoms with E-state index in [0.29, 0.717) is 19.0 Å². The zero-order valence-electron chi connectivity index (χ0n) is 10.2. The fraction of sp³-hybridized carbons (Fsp3) is 0.909. The van der Waals surface area contributed by atoms with Crippen LogP contribution in [0.2, 0.25) is 0 Å². The van der Waals surface area contributed by atoms with E-state index in [1.54, 1.807) is 4.90 Å². The van der Waals surface area contributed by atoms with Gasteiger partial charge < -0.3 is 15.4 Å². The number of amides is 1. The Hall–Kier alpha value is -0.290. The van der Waals surface area contributed by atoms with Crippen LogP contribution < -0.4 is 5.73 Å². The van der Waals surface area contributed by atoms with Crippen LogP contribution in [0.5, 0.6) is 0 Å². The molecule has 16 heavy (non-hydrogen) atoms. The van der Waals surface area contributed by atoms with Crippen molar-refractivity contribution in [3.05, 3.63) is 0 Å². The fourth-order valence-corrected chi connectivity index (χ4v) is 2.54. The van der Waals surface area contributed by atoms with E-state index in [-0.39, 0.29) is 10.9 Å². The van der Waals surface area contributed by atoms with E-state index >= 15 is 0 Å². The molecule has 0 radical (unpaired) electrons. The van der Waals surface area contributed by atoms with Crippen molar-refractivity contribution in [3.63, 3.8) is 0 Å². The SMILES string of the molecule is CC(C)(C)OC(=O)N1CCC(CN)C(Br)C1. The Morgan fingerprint density at radius 1 is 1.56 bits per heavy atom. The molecule has 5 heteroatoms. The van der Waals surface area contributed by atoms with Crippen LogP contribution in [-0.4, -0.2) is 41.1 Å². The molecule has 1 aliphatic rings. The van der Waals surface area contributed by atoms with Crippen molar-refractivity contribution < 1.29 is 9.53 Å². The molecule has 0 aromatic heterocycles. The van der Waals surface area contributed by atoms with E-state index in [4.69, 9.17) is 10.5 Å². The summed E-state index contributed by atoms with van der Waals surface area (Å²) in [6.45, 7) is 7.71. The van der Waals surface area contributed by atoms with Crippen LogP contribution in [0.1, 0.15) is 27.2 Å². The summed E-state index contributed by atoms with van der Waals surface area (Å²) in [7, 11) is 0. The number of hydrogen-bond acceptors (Lipinski definition) is 3. The standard InChI is InChI=1S/C11H21BrN2O2/c1-11(2,3)16-10(15)14-5-4-8(6-13)9(12)7-14/h8-9H,4-7,13H2,1-3H3. The highest BCUT2D eigenvalue weighted by Gasteiger charge is 2.31. The summed E-state index contributed by atoms with van der Waals surface area (Å²) < 4.78 is 5.33. The first-order valence-electron chi connectivity index (χ1n) is 5.65. The van der Waals surface area contributed by atoms with Gasteiger partial charge in [-0.2, -0.15) is 0 Å². The predicted molar refractivity (Wildman–Crippen MR) is 67.7 cm³/mol. The van der Waals surface area contributed by atoms with Gasteiger partial charge in [0.05, 0.1) is 0 Å². The number of likely N-dealkylation sites (tertiary alicyclic amines) is 1. The van der Waals surface area contributed by atoms with Crippen molar-refractivity contribution >= 4 is 22.0 Å². The third-order valence-corrected chi connectivity index (χ3v) is 3.67. The Morgan fingerprint density at radius 2 is 2.19 bits per heavy atom. The molecule has 0 bridgehead atoms. The van der Waals surface area contributed by atoms with Crippen LogP contribution in [0.15, 0.2) is 0 Å². The number of alkyl halides is 1. The van der Waals surface area contributed by atoms with Crippen LogP contribution in [0.3, 0.4) is 0 Å². The average molecular weight is 293 g/mol. The first-order valence-corrected chi connectivity index (χ1v) is 6.57. The van der Waals surface area contributed by atoms with E-state index in [9.17, 15) is 4.79 Å². The van der Waals surface area contributed by atoms with Crippen molar-refractivity contribution in [1.29, 1.82) is 0 Å². The third-order valence-electron chi connectivity index (χ3n) is 2.63. The molecule has 0 aromatic carbocycles. The van der Waals surface area contributed by atoms with Crippen molar-refractivity contribution in [2.24, 2.45) is 11.7 Å². The van der Waals surface area contributed by atoms with Gasteiger partial charge in [-0.3, -0.25) is 0 Å². The normalized spacial score (nSPS) is 26.7. The maximum absolute atomic E-state index is 11.8. The number of rotatable bonds is 1. The highest BCUT2D eigenvalue weighted by atomic mass is 79.9. The maximum atomic E-state index is 11.8. The summed E-state index contributed by atoms with van der Waals surface area (Å²) in [5.74, 6) is 0.457. The summed E-state index contributed by atoms with van der Waals surface area (Å²) in [6.07, 6.45) is 0.707. The molecule has 1 amide bonds. The van der Waals surface area contributed by atoms with E-state index in [2.05, 4.69) is 15.9 Å². The maximum Gasteiger partial charge on any atom is 0.410 e. The highest BCUT2D eigenvalue weighted by Crippen LogP contribution is 2.24. The quantitative estimate of drug-likeness (QED) is 0.752. The Balaban J connectivity index is 2.48. The molecule has 0 spiro atoms. The summed E-state index contributed by atoms with van der Waals surface area (Å²) >= 11 is 3.57. The number of halogens is 1. The van der Waals surface area contributed by atoms with Crippen LogP contribution in [0, 0.1) is 5.92 Å². The molecule has 2 N–H and O–H groups in total. The summed E-state index contributed by atoms with van der Waals surface area (Å²) in [6, 6.07) is 0. The predicted octanol–water partition coefficient (Wildman–Crippen LogP) is 1.97. The molecule has 4 nitrogen and oxygen atoms in total. The van der Waals surface area contributed by atoms with Crippen LogP contribution in [0.25, 0.3) is 0 Å². The molecule has 2 unspecified atom stereocenters. The first kappa shape index (κ1) is 13.8. The topological polar surface area (TPSA) is 55.6 Å². The van der Waals surface area contributed by atoms with E-state index in [1.807, 2.05) is 20.8 Å². The van der Waals surface area contributed by atoms with Crippen LogP contribution in [0.4, 0.5) is 4.79 Å². The molecule has 0 aliphatic carbocycles. The zero-order chi connectivity index (χ0) is 12.3. The number of hydrogen-bond donors (Lipinski definition) is 1. The minimum atomic E-state index is -0.427. The zero-order valence-corrected chi connectivity index (χ0v) is 11.8. The Labute approximate surface area is 106 Å². The van der Waals surface area contributed by atoms with Gasteiger partial charge in [0.25, 0.3) is 0 Å². The molecule has 0 saturated carbocycles. The number of piperidine rings is 1. The molecule has 1 fully saturated rings. The van der Waals surface area contributed by atoms with Crippen LogP contribution in [-0.2, 0) is 4.74 Å². The Morgan fingerprint density at radius 3 is 2.62 bits per heavy atom. The van der Waals surface area contributed by atoms with Crippen molar-refractivity contribution in [3.8, 4) is 0 Å². The first-order chi connectivity index (χ1) is 7.33. The second kappa shape index (κ2) is 5.36. The largest absolute Gasteiger partial charge is 0.444 e. The second-order valence-electron chi connectivity index (χ2n) is 5.23. The summed E-state index contributed by atoms with van der Waals surface area (Å²) in [5.41, 5.74) is 5.23. The van der Waals surface area contributed by atoms with Gasteiger partial charge in [-0.1, -0.05) is 15.9 Å². The van der Waals surface area contributed by atoms with Crippen LogP contribution >= 0.6 is 15.9 Å². The van der Waals surface area contributed by atoms with Gasteiger partial charge in [0.15, 0.2) is 0 Å². The van der Waals surface area contributed by atoms with Gasteiger partial charge in [0.2, 0.25) is 0 Å². The lowest BCUT2D eigenvalue weighted by Crippen LogP contribution is -2.47. The van der Waals surface area contributed by atoms with E-state index < -0.39 is 5.60 Å². The molecule has 1 aliphatic heterocycles. The molecular weight excluding hydrogens is 272 g/mol. The van der Waals surface area contributed by atoms with Gasteiger partial charge in [0, 0.05) is 17.9 Å². The monoisotopic (exact) mass is 292 g/mol. The van der Waals surface area contributed by atoms with Crippen molar-refractivity contribution in [2.75, 3.05) is 19.6 Å². The Kier molecular flexibility index (Phi) is 4.62. The smallest absolute Gasteiger partial charge is 0.410 e. The second-order valence-corrected chi connectivity index (χ2v) is 6.40. The van der Waals surface area contributed by atoms with Gasteiger partial charge >= 0.3 is 6.09 Å². The lowest BCUT2D eigenvalue weighted by molar-refractivity contribution is 0.0196. The summed E-state index contributed by atoms with van der Waals surface area (Å²) in [5, 5.41) is 0. The van der Waals surface area contributed by atoms with Gasteiger partial charge in [0.1, 0.15) is 5.60 Å². The van der Waals surface area contributed by atoms with Gasteiger partial charge in [-0.25, -0.2) is 4.79 Å². The van der Waals surface area contributed by atoms with Gasteiger partial charge in [-0.05, 0) is 39.7 Å². The lowest BCUT2D eigenvalue weighted by atomic mass is 9.97. The average Bonchev–Trinajstić information content (AvgIpc) is 2.15. The number of carbonyl (C=O) groups excluding carboxylic acids is 1. The Bertz CT molecular complexity index is 253. The molecule has 0 aromatic rings. The third kappa shape index (κ3) is 3.94. The molecule has 1 rings (SSSR count). The number of nitrogens with two attached hydrogens (primary N) is 1. The fourth-order valence-electron chi connectivity index (χ4n) is 1.71. The minimum absolute atomic E-state index is 0.229. The van der Waals surface area contributed by atoms with Crippen molar-refractivity contribution in [2.45, 2.75) is 37.6 Å². The molecular formula is C11H21BrN2O2. The number of nitrogens with zero attached hydrogens (tertiary/aromatic N) is 1. The molecule has 94 valence electrons.